The molecule has 1 heterocycles. The maximum atomic E-state index is 11.9. The zero-order valence-electron chi connectivity index (χ0n) is 13.1. The van der Waals surface area contributed by atoms with Crippen LogP contribution in [0.5, 0.6) is 0 Å². The van der Waals surface area contributed by atoms with E-state index >= 15 is 0 Å². The third kappa shape index (κ3) is 4.57. The van der Waals surface area contributed by atoms with E-state index in [9.17, 15) is 14.9 Å². The van der Waals surface area contributed by atoms with Crippen molar-refractivity contribution in [1.29, 1.82) is 0 Å². The van der Waals surface area contributed by atoms with Gasteiger partial charge in [0.2, 0.25) is 0 Å². The highest BCUT2D eigenvalue weighted by Crippen LogP contribution is 2.29. The molecule has 1 aromatic heterocycles. The van der Waals surface area contributed by atoms with E-state index in [2.05, 4.69) is 15.5 Å². The molecule has 0 aliphatic rings. The number of nitro groups is 1. The number of thioether (sulfide) groups is 1. The number of thiazole rings is 1. The summed E-state index contributed by atoms with van der Waals surface area (Å²) in [5.74, 6) is -0.133. The van der Waals surface area contributed by atoms with Crippen LogP contribution in [0.15, 0.2) is 51.9 Å². The van der Waals surface area contributed by atoms with Crippen molar-refractivity contribution in [2.24, 2.45) is 5.10 Å². The second-order valence-electron chi connectivity index (χ2n) is 5.00. The van der Waals surface area contributed by atoms with Crippen LogP contribution in [0.2, 0.25) is 5.02 Å². The zero-order valence-corrected chi connectivity index (χ0v) is 15.5. The number of aromatic nitrogens is 1. The first-order valence-corrected chi connectivity index (χ1v) is 9.45. The van der Waals surface area contributed by atoms with Crippen LogP contribution in [0, 0.1) is 10.1 Å². The summed E-state index contributed by atoms with van der Waals surface area (Å²) >= 11 is 8.59. The molecule has 0 spiro atoms. The molecule has 3 aromatic rings. The molecule has 3 rings (SSSR count). The lowest BCUT2D eigenvalue weighted by Gasteiger charge is -1.99. The van der Waals surface area contributed by atoms with Crippen LogP contribution in [0.1, 0.15) is 5.56 Å². The van der Waals surface area contributed by atoms with Gasteiger partial charge in [-0.3, -0.25) is 14.9 Å². The minimum absolute atomic E-state index is 0.0448. The number of halogens is 1. The van der Waals surface area contributed by atoms with Crippen LogP contribution in [0.3, 0.4) is 0 Å². The first kappa shape index (κ1) is 18.3. The highest BCUT2D eigenvalue weighted by atomic mass is 35.5. The Morgan fingerprint density at radius 2 is 2.19 bits per heavy atom. The Morgan fingerprint density at radius 3 is 2.96 bits per heavy atom. The van der Waals surface area contributed by atoms with Gasteiger partial charge in [0, 0.05) is 11.6 Å². The number of benzene rings is 2. The first-order valence-electron chi connectivity index (χ1n) is 7.27. The van der Waals surface area contributed by atoms with Gasteiger partial charge in [-0.15, -0.1) is 11.3 Å². The molecule has 0 aliphatic heterocycles. The van der Waals surface area contributed by atoms with Crippen molar-refractivity contribution in [2.75, 3.05) is 5.75 Å². The predicted molar refractivity (Wildman–Crippen MR) is 104 cm³/mol. The quantitative estimate of drug-likeness (QED) is 0.287. The molecule has 0 aliphatic carbocycles. The number of para-hydroxylation sites is 1. The lowest BCUT2D eigenvalue weighted by Crippen LogP contribution is -2.19. The van der Waals surface area contributed by atoms with Gasteiger partial charge in [-0.25, -0.2) is 10.4 Å². The van der Waals surface area contributed by atoms with E-state index in [1.54, 1.807) is 6.07 Å². The summed E-state index contributed by atoms with van der Waals surface area (Å²) in [4.78, 5) is 26.5. The van der Waals surface area contributed by atoms with E-state index in [1.807, 2.05) is 24.3 Å². The molecule has 0 radical (unpaired) electrons. The number of hydrogen-bond acceptors (Lipinski definition) is 7. The molecule has 7 nitrogen and oxygen atoms in total. The lowest BCUT2D eigenvalue weighted by atomic mass is 10.2. The van der Waals surface area contributed by atoms with Gasteiger partial charge in [0.05, 0.1) is 27.1 Å². The van der Waals surface area contributed by atoms with Crippen molar-refractivity contribution in [3.63, 3.8) is 0 Å². The van der Waals surface area contributed by atoms with E-state index in [4.69, 9.17) is 11.6 Å². The van der Waals surface area contributed by atoms with Crippen LogP contribution in [-0.4, -0.2) is 27.8 Å². The highest BCUT2D eigenvalue weighted by Gasteiger charge is 2.12. The maximum absolute atomic E-state index is 11.9. The van der Waals surface area contributed by atoms with Crippen LogP contribution >= 0.6 is 34.7 Å². The number of carbonyl (C=O) groups excluding carboxylic acids is 1. The number of nitro benzene ring substituents is 1. The van der Waals surface area contributed by atoms with Gasteiger partial charge in [-0.2, -0.15) is 5.10 Å². The van der Waals surface area contributed by atoms with E-state index in [1.165, 1.54) is 41.4 Å². The fraction of sp³-hybridized carbons (Fsp3) is 0.0625. The van der Waals surface area contributed by atoms with E-state index in [-0.39, 0.29) is 22.4 Å². The number of hydrazone groups is 1. The molecule has 1 N–H and O–H groups in total. The van der Waals surface area contributed by atoms with Crippen molar-refractivity contribution in [1.82, 2.24) is 10.4 Å². The Morgan fingerprint density at radius 1 is 1.38 bits per heavy atom. The minimum Gasteiger partial charge on any atom is -0.272 e. The number of carbonyl (C=O) groups is 1. The van der Waals surface area contributed by atoms with Crippen LogP contribution in [-0.2, 0) is 4.79 Å². The molecule has 10 heteroatoms. The summed E-state index contributed by atoms with van der Waals surface area (Å²) in [5.41, 5.74) is 3.53. The molecule has 0 bridgehead atoms. The Balaban J connectivity index is 1.54. The topological polar surface area (TPSA) is 97.5 Å². The summed E-state index contributed by atoms with van der Waals surface area (Å²) in [7, 11) is 0. The number of hydrogen-bond donors (Lipinski definition) is 1. The standard InChI is InChI=1S/C16H11ClN4O3S2/c17-11-6-5-10(7-13(11)21(23)24)8-18-20-15(22)9-25-16-19-12-3-1-2-4-14(12)26-16/h1-8H,9H2,(H,20,22). The Labute approximate surface area is 161 Å². The lowest BCUT2D eigenvalue weighted by molar-refractivity contribution is -0.384. The smallest absolute Gasteiger partial charge is 0.272 e. The average molecular weight is 407 g/mol. The van der Waals surface area contributed by atoms with E-state index in [0.717, 1.165) is 14.6 Å². The van der Waals surface area contributed by atoms with Crippen LogP contribution in [0.25, 0.3) is 10.2 Å². The number of nitrogens with one attached hydrogen (secondary N) is 1. The van der Waals surface area contributed by atoms with Gasteiger partial charge < -0.3 is 0 Å². The molecule has 0 atom stereocenters. The Bertz CT molecular complexity index is 973. The third-order valence-electron chi connectivity index (χ3n) is 3.17. The van der Waals surface area contributed by atoms with Gasteiger partial charge in [-0.1, -0.05) is 41.6 Å². The van der Waals surface area contributed by atoms with Gasteiger partial charge in [-0.05, 0) is 18.2 Å². The fourth-order valence-electron chi connectivity index (χ4n) is 2.00. The number of rotatable bonds is 6. The highest BCUT2D eigenvalue weighted by molar-refractivity contribution is 8.01. The Hall–Kier alpha value is -2.49. The molecule has 132 valence electrons. The molecule has 0 unspecified atom stereocenters. The van der Waals surface area contributed by atoms with Crippen LogP contribution < -0.4 is 5.43 Å². The second kappa shape index (κ2) is 8.26. The normalized spacial score (nSPS) is 11.1. The molecule has 0 fully saturated rings. The average Bonchev–Trinajstić information content (AvgIpc) is 3.04. The largest absolute Gasteiger partial charge is 0.288 e. The minimum atomic E-state index is -0.576. The van der Waals surface area contributed by atoms with Gasteiger partial charge >= 0.3 is 0 Å². The molecule has 26 heavy (non-hydrogen) atoms. The summed E-state index contributed by atoms with van der Waals surface area (Å²) < 4.78 is 1.87. The summed E-state index contributed by atoms with van der Waals surface area (Å²) in [5, 5.41) is 14.7. The van der Waals surface area contributed by atoms with Crippen molar-refractivity contribution < 1.29 is 9.72 Å². The predicted octanol–water partition coefficient (Wildman–Crippen LogP) is 4.10. The third-order valence-corrected chi connectivity index (χ3v) is 5.67. The van der Waals surface area contributed by atoms with Gasteiger partial charge in [0.1, 0.15) is 5.02 Å². The number of nitrogens with zero attached hydrogens (tertiary/aromatic N) is 3. The SMILES string of the molecule is O=C(CSc1nc2ccccc2s1)NN=Cc1ccc(Cl)c([N+](=O)[O-])c1. The number of amides is 1. The molecular formula is C16H11ClN4O3S2. The van der Waals surface area contributed by atoms with E-state index < -0.39 is 4.92 Å². The second-order valence-corrected chi connectivity index (χ2v) is 7.66. The summed E-state index contributed by atoms with van der Waals surface area (Å²) in [6.45, 7) is 0. The maximum Gasteiger partial charge on any atom is 0.288 e. The molecular weight excluding hydrogens is 396 g/mol. The van der Waals surface area contributed by atoms with Crippen LogP contribution in [0.4, 0.5) is 5.69 Å². The van der Waals surface area contributed by atoms with E-state index in [0.29, 0.717) is 5.56 Å². The Kier molecular flexibility index (Phi) is 5.82. The first-order chi connectivity index (χ1) is 12.5. The number of fused-ring (bicyclic) bond motifs is 1. The van der Waals surface area contributed by atoms with Gasteiger partial charge in [0.15, 0.2) is 4.34 Å². The zero-order chi connectivity index (χ0) is 18.5. The molecule has 2 aromatic carbocycles. The molecule has 1 amide bonds. The fourth-order valence-corrected chi connectivity index (χ4v) is 4.05. The monoisotopic (exact) mass is 406 g/mol. The molecule has 0 saturated carbocycles. The van der Waals surface area contributed by atoms with Crippen molar-refractivity contribution >= 4 is 62.7 Å². The van der Waals surface area contributed by atoms with Crippen molar-refractivity contribution in [3.05, 3.63) is 63.2 Å². The molecule has 0 saturated heterocycles. The summed E-state index contributed by atoms with van der Waals surface area (Å²) in [6.07, 6.45) is 1.32. The summed E-state index contributed by atoms with van der Waals surface area (Å²) in [6, 6.07) is 12.0. The van der Waals surface area contributed by atoms with Crippen molar-refractivity contribution in [2.45, 2.75) is 4.34 Å². The van der Waals surface area contributed by atoms with Gasteiger partial charge in [0.25, 0.3) is 11.6 Å². The van der Waals surface area contributed by atoms with Crippen molar-refractivity contribution in [3.8, 4) is 0 Å².